The number of para-hydroxylation sites is 1. The van der Waals surface area contributed by atoms with Gasteiger partial charge in [-0.05, 0) is 31.6 Å². The Labute approximate surface area is 106 Å². The van der Waals surface area contributed by atoms with Crippen LogP contribution in [0.1, 0.15) is 5.56 Å². The number of carbonyl (C=O) groups excluding carboxylic acids is 2. The highest BCUT2D eigenvalue weighted by Crippen LogP contribution is 2.21. The van der Waals surface area contributed by atoms with Crippen LogP contribution < -0.4 is 15.5 Å². The lowest BCUT2D eigenvalue weighted by Gasteiger charge is -2.28. The number of benzene rings is 1. The summed E-state index contributed by atoms with van der Waals surface area (Å²) in [5, 5.41) is 5.64. The monoisotopic (exact) mass is 247 g/mol. The van der Waals surface area contributed by atoms with Crippen molar-refractivity contribution >= 4 is 17.5 Å². The maximum atomic E-state index is 11.9. The third-order valence-electron chi connectivity index (χ3n) is 2.97. The van der Waals surface area contributed by atoms with Crippen LogP contribution in [-0.2, 0) is 16.0 Å². The Hall–Kier alpha value is -1.88. The maximum absolute atomic E-state index is 11.9. The first-order chi connectivity index (χ1) is 8.72. The van der Waals surface area contributed by atoms with Crippen LogP contribution in [0.4, 0.5) is 5.69 Å². The molecule has 0 spiro atoms. The van der Waals surface area contributed by atoms with Gasteiger partial charge >= 0.3 is 0 Å². The zero-order chi connectivity index (χ0) is 13.0. The van der Waals surface area contributed by atoms with Gasteiger partial charge in [0.25, 0.3) is 0 Å². The normalized spacial score (nSPS) is 15.7. The minimum atomic E-state index is -0.113. The number of amides is 2. The van der Waals surface area contributed by atoms with Crippen molar-refractivity contribution in [2.45, 2.75) is 6.42 Å². The average Bonchev–Trinajstić information content (AvgIpc) is 2.39. The zero-order valence-corrected chi connectivity index (χ0v) is 10.4. The van der Waals surface area contributed by atoms with Gasteiger partial charge in [-0.2, -0.15) is 0 Å². The fraction of sp³-hybridized carbons (Fsp3) is 0.385. The fourth-order valence-corrected chi connectivity index (χ4v) is 2.02. The number of piperazine rings is 1. The maximum Gasteiger partial charge on any atom is 0.246 e. The Balaban J connectivity index is 2.25. The molecule has 0 unspecified atom stereocenters. The molecule has 1 aromatic carbocycles. The molecule has 1 heterocycles. The van der Waals surface area contributed by atoms with Crippen molar-refractivity contribution in [2.75, 3.05) is 31.6 Å². The quantitative estimate of drug-likeness (QED) is 0.782. The first kappa shape index (κ1) is 12.6. The third kappa shape index (κ3) is 2.68. The van der Waals surface area contributed by atoms with E-state index in [-0.39, 0.29) is 24.9 Å². The second-order valence-electron chi connectivity index (χ2n) is 4.24. The van der Waals surface area contributed by atoms with E-state index in [1.54, 1.807) is 4.90 Å². The molecular weight excluding hydrogens is 230 g/mol. The lowest BCUT2D eigenvalue weighted by Crippen LogP contribution is -2.52. The Morgan fingerprint density at radius 2 is 2.11 bits per heavy atom. The second kappa shape index (κ2) is 5.64. The molecule has 1 aliphatic rings. The molecule has 0 radical (unpaired) electrons. The van der Waals surface area contributed by atoms with Gasteiger partial charge in [-0.3, -0.25) is 9.59 Å². The summed E-state index contributed by atoms with van der Waals surface area (Å²) in [6.45, 7) is 1.03. The number of hydrogen-bond donors (Lipinski definition) is 2. The van der Waals surface area contributed by atoms with Crippen molar-refractivity contribution in [1.82, 2.24) is 10.6 Å². The van der Waals surface area contributed by atoms with E-state index < -0.39 is 0 Å². The molecule has 2 rings (SSSR count). The molecule has 0 aromatic heterocycles. The molecule has 2 amide bonds. The summed E-state index contributed by atoms with van der Waals surface area (Å²) < 4.78 is 0. The summed E-state index contributed by atoms with van der Waals surface area (Å²) in [7, 11) is 1.89. The summed E-state index contributed by atoms with van der Waals surface area (Å²) in [6, 6.07) is 7.72. The Bertz CT molecular complexity index is 459. The highest BCUT2D eigenvalue weighted by Gasteiger charge is 2.25. The van der Waals surface area contributed by atoms with Crippen LogP contribution in [0.15, 0.2) is 24.3 Å². The van der Waals surface area contributed by atoms with E-state index in [1.165, 1.54) is 0 Å². The molecule has 2 N–H and O–H groups in total. The van der Waals surface area contributed by atoms with Crippen molar-refractivity contribution < 1.29 is 9.59 Å². The van der Waals surface area contributed by atoms with E-state index in [2.05, 4.69) is 10.6 Å². The molecule has 96 valence electrons. The number of likely N-dealkylation sites (N-methyl/N-ethyl adjacent to an activating group) is 1. The summed E-state index contributed by atoms with van der Waals surface area (Å²) in [5.41, 5.74) is 1.92. The summed E-state index contributed by atoms with van der Waals surface area (Å²) >= 11 is 0. The highest BCUT2D eigenvalue weighted by molar-refractivity contribution is 6.04. The largest absolute Gasteiger partial charge is 0.345 e. The number of hydrogen-bond acceptors (Lipinski definition) is 3. The van der Waals surface area contributed by atoms with Crippen LogP contribution in [0.5, 0.6) is 0 Å². The van der Waals surface area contributed by atoms with Gasteiger partial charge in [0.15, 0.2) is 0 Å². The fourth-order valence-electron chi connectivity index (χ4n) is 2.02. The molecule has 0 aliphatic carbocycles. The van der Waals surface area contributed by atoms with Gasteiger partial charge in [0.1, 0.15) is 6.54 Å². The van der Waals surface area contributed by atoms with E-state index in [1.807, 2.05) is 31.3 Å². The molecule has 18 heavy (non-hydrogen) atoms. The molecular formula is C13H17N3O2. The summed E-state index contributed by atoms with van der Waals surface area (Å²) in [6.07, 6.45) is 0.831. The topological polar surface area (TPSA) is 61.4 Å². The first-order valence-corrected chi connectivity index (χ1v) is 6.02. The average molecular weight is 247 g/mol. The number of rotatable bonds is 4. The van der Waals surface area contributed by atoms with E-state index in [0.29, 0.717) is 0 Å². The third-order valence-corrected chi connectivity index (χ3v) is 2.97. The SMILES string of the molecule is CNCCc1ccccc1N1CC(=O)NCC1=O. The van der Waals surface area contributed by atoms with Crippen molar-refractivity contribution in [1.29, 1.82) is 0 Å². The Morgan fingerprint density at radius 3 is 2.89 bits per heavy atom. The van der Waals surface area contributed by atoms with Crippen molar-refractivity contribution in [2.24, 2.45) is 0 Å². The highest BCUT2D eigenvalue weighted by atomic mass is 16.2. The van der Waals surface area contributed by atoms with Crippen LogP contribution in [0.3, 0.4) is 0 Å². The molecule has 0 saturated carbocycles. The van der Waals surface area contributed by atoms with Crippen LogP contribution in [0.25, 0.3) is 0 Å². The summed E-state index contributed by atoms with van der Waals surface area (Å²) in [4.78, 5) is 24.8. The second-order valence-corrected chi connectivity index (χ2v) is 4.24. The van der Waals surface area contributed by atoms with Crippen LogP contribution in [-0.4, -0.2) is 38.5 Å². The van der Waals surface area contributed by atoms with Crippen LogP contribution in [0.2, 0.25) is 0 Å². The van der Waals surface area contributed by atoms with Crippen LogP contribution >= 0.6 is 0 Å². The minimum Gasteiger partial charge on any atom is -0.345 e. The zero-order valence-electron chi connectivity index (χ0n) is 10.4. The van der Waals surface area contributed by atoms with E-state index >= 15 is 0 Å². The van der Waals surface area contributed by atoms with E-state index in [0.717, 1.165) is 24.2 Å². The minimum absolute atomic E-state index is 0.0634. The van der Waals surface area contributed by atoms with Crippen molar-refractivity contribution in [3.63, 3.8) is 0 Å². The summed E-state index contributed by atoms with van der Waals surface area (Å²) in [5.74, 6) is -0.176. The standard InChI is InChI=1S/C13H17N3O2/c1-14-7-6-10-4-2-3-5-11(10)16-9-12(17)15-8-13(16)18/h2-5,14H,6-9H2,1H3,(H,15,17). The van der Waals surface area contributed by atoms with Crippen molar-refractivity contribution in [3.05, 3.63) is 29.8 Å². The van der Waals surface area contributed by atoms with Gasteiger partial charge in [0.05, 0.1) is 6.54 Å². The molecule has 1 fully saturated rings. The smallest absolute Gasteiger partial charge is 0.246 e. The van der Waals surface area contributed by atoms with Gasteiger partial charge in [0, 0.05) is 5.69 Å². The van der Waals surface area contributed by atoms with E-state index in [9.17, 15) is 9.59 Å². The lowest BCUT2D eigenvalue weighted by molar-refractivity contribution is -0.128. The lowest BCUT2D eigenvalue weighted by atomic mass is 10.1. The molecule has 0 bridgehead atoms. The van der Waals surface area contributed by atoms with E-state index in [4.69, 9.17) is 0 Å². The molecule has 1 aromatic rings. The van der Waals surface area contributed by atoms with Gasteiger partial charge in [-0.25, -0.2) is 0 Å². The van der Waals surface area contributed by atoms with Gasteiger partial charge in [-0.1, -0.05) is 18.2 Å². The molecule has 5 heteroatoms. The Morgan fingerprint density at radius 1 is 1.33 bits per heavy atom. The molecule has 1 saturated heterocycles. The number of carbonyl (C=O) groups is 2. The predicted octanol–water partition coefficient (Wildman–Crippen LogP) is -0.0887. The number of anilines is 1. The van der Waals surface area contributed by atoms with Gasteiger partial charge in [-0.15, -0.1) is 0 Å². The van der Waals surface area contributed by atoms with Gasteiger partial charge in [0.2, 0.25) is 11.8 Å². The van der Waals surface area contributed by atoms with Crippen LogP contribution in [0, 0.1) is 0 Å². The predicted molar refractivity (Wildman–Crippen MR) is 69.4 cm³/mol. The van der Waals surface area contributed by atoms with Crippen molar-refractivity contribution in [3.8, 4) is 0 Å². The molecule has 0 atom stereocenters. The Kier molecular flexibility index (Phi) is 3.94. The first-order valence-electron chi connectivity index (χ1n) is 6.02. The number of nitrogens with one attached hydrogen (secondary N) is 2. The van der Waals surface area contributed by atoms with Gasteiger partial charge < -0.3 is 15.5 Å². The molecule has 5 nitrogen and oxygen atoms in total. The molecule has 1 aliphatic heterocycles. The number of nitrogens with zero attached hydrogens (tertiary/aromatic N) is 1.